The zero-order valence-electron chi connectivity index (χ0n) is 10.2. The highest BCUT2D eigenvalue weighted by Crippen LogP contribution is 2.34. The van der Waals surface area contributed by atoms with Crippen LogP contribution in [0.15, 0.2) is 6.07 Å². The van der Waals surface area contributed by atoms with Crippen molar-refractivity contribution in [1.29, 1.82) is 0 Å². The highest BCUT2D eigenvalue weighted by atomic mass is 35.5. The molecule has 1 unspecified atom stereocenters. The van der Waals surface area contributed by atoms with Crippen molar-refractivity contribution in [2.45, 2.75) is 31.8 Å². The van der Waals surface area contributed by atoms with Gasteiger partial charge < -0.3 is 10.2 Å². The summed E-state index contributed by atoms with van der Waals surface area (Å²) in [5.41, 5.74) is 1.11. The largest absolute Gasteiger partial charge is 0.309 e. The molecule has 1 aromatic heterocycles. The van der Waals surface area contributed by atoms with Gasteiger partial charge in [0.05, 0.1) is 8.67 Å². The Labute approximate surface area is 117 Å². The number of hydrogen-bond acceptors (Lipinski definition) is 3. The molecular weight excluding hydrogens is 275 g/mol. The Bertz CT molecular complexity index is 377. The SMILES string of the molecule is CC(NCCN(C)C1CC1)c1cc(Cl)sc1Cl. The molecular formula is C12H18Cl2N2S. The van der Waals surface area contributed by atoms with E-state index >= 15 is 0 Å². The molecule has 17 heavy (non-hydrogen) atoms. The summed E-state index contributed by atoms with van der Waals surface area (Å²) in [7, 11) is 2.19. The highest BCUT2D eigenvalue weighted by molar-refractivity contribution is 7.20. The summed E-state index contributed by atoms with van der Waals surface area (Å²) in [6.07, 6.45) is 2.72. The second-order valence-electron chi connectivity index (χ2n) is 4.67. The van der Waals surface area contributed by atoms with Crippen LogP contribution >= 0.6 is 34.5 Å². The quantitative estimate of drug-likeness (QED) is 0.858. The van der Waals surface area contributed by atoms with Crippen LogP contribution in [0.5, 0.6) is 0 Å². The molecule has 0 radical (unpaired) electrons. The molecule has 0 amide bonds. The molecule has 96 valence electrons. The summed E-state index contributed by atoms with van der Waals surface area (Å²) in [6.45, 7) is 4.20. The number of hydrogen-bond donors (Lipinski definition) is 1. The molecule has 0 aliphatic heterocycles. The van der Waals surface area contributed by atoms with Crippen LogP contribution in [0.4, 0.5) is 0 Å². The topological polar surface area (TPSA) is 15.3 Å². The first-order valence-corrected chi connectivity index (χ1v) is 7.53. The van der Waals surface area contributed by atoms with Gasteiger partial charge in [-0.3, -0.25) is 0 Å². The number of nitrogens with zero attached hydrogens (tertiary/aromatic N) is 1. The van der Waals surface area contributed by atoms with Crippen LogP contribution in [0.2, 0.25) is 8.67 Å². The van der Waals surface area contributed by atoms with Gasteiger partial charge in [-0.1, -0.05) is 23.2 Å². The van der Waals surface area contributed by atoms with Crippen LogP contribution in [0.1, 0.15) is 31.4 Å². The van der Waals surface area contributed by atoms with Crippen molar-refractivity contribution in [3.63, 3.8) is 0 Å². The van der Waals surface area contributed by atoms with Crippen LogP contribution in [0, 0.1) is 0 Å². The first-order chi connectivity index (χ1) is 8.08. The van der Waals surface area contributed by atoms with E-state index < -0.39 is 0 Å². The van der Waals surface area contributed by atoms with Gasteiger partial charge in [0.15, 0.2) is 0 Å². The zero-order chi connectivity index (χ0) is 12.4. The molecule has 1 fully saturated rings. The first-order valence-electron chi connectivity index (χ1n) is 5.96. The highest BCUT2D eigenvalue weighted by Gasteiger charge is 2.25. The predicted octanol–water partition coefficient (Wildman–Crippen LogP) is 3.80. The molecule has 5 heteroatoms. The van der Waals surface area contributed by atoms with Gasteiger partial charge in [-0.05, 0) is 38.4 Å². The van der Waals surface area contributed by atoms with Crippen LogP contribution < -0.4 is 5.32 Å². The van der Waals surface area contributed by atoms with Crippen molar-refractivity contribution in [2.24, 2.45) is 0 Å². The van der Waals surface area contributed by atoms with Gasteiger partial charge in [0.25, 0.3) is 0 Å². The third-order valence-corrected chi connectivity index (χ3v) is 4.75. The third-order valence-electron chi connectivity index (χ3n) is 3.23. The van der Waals surface area contributed by atoms with Crippen molar-refractivity contribution in [3.8, 4) is 0 Å². The molecule has 2 nitrogen and oxygen atoms in total. The van der Waals surface area contributed by atoms with Crippen molar-refractivity contribution in [1.82, 2.24) is 10.2 Å². The maximum absolute atomic E-state index is 6.13. The van der Waals surface area contributed by atoms with Crippen molar-refractivity contribution < 1.29 is 0 Å². The molecule has 1 N–H and O–H groups in total. The van der Waals surface area contributed by atoms with Crippen molar-refractivity contribution in [2.75, 3.05) is 20.1 Å². The lowest BCUT2D eigenvalue weighted by Gasteiger charge is -2.18. The van der Waals surface area contributed by atoms with Crippen LogP contribution in [0.3, 0.4) is 0 Å². The fourth-order valence-corrected chi connectivity index (χ4v) is 3.56. The summed E-state index contributed by atoms with van der Waals surface area (Å²) in [5, 5.41) is 3.49. The molecule has 0 spiro atoms. The van der Waals surface area contributed by atoms with Crippen molar-refractivity contribution >= 4 is 34.5 Å². The molecule has 1 aromatic rings. The molecule has 1 heterocycles. The van der Waals surface area contributed by atoms with E-state index in [4.69, 9.17) is 23.2 Å². The Morgan fingerprint density at radius 1 is 1.53 bits per heavy atom. The van der Waals surface area contributed by atoms with E-state index in [1.54, 1.807) is 0 Å². The molecule has 0 bridgehead atoms. The monoisotopic (exact) mass is 292 g/mol. The van der Waals surface area contributed by atoms with Gasteiger partial charge in [-0.2, -0.15) is 0 Å². The summed E-state index contributed by atoms with van der Waals surface area (Å²) in [5.74, 6) is 0. The summed E-state index contributed by atoms with van der Waals surface area (Å²) in [4.78, 5) is 2.42. The molecule has 0 saturated heterocycles. The number of nitrogens with one attached hydrogen (secondary N) is 1. The number of likely N-dealkylation sites (N-methyl/N-ethyl adjacent to an activating group) is 1. The first kappa shape index (κ1) is 13.6. The Morgan fingerprint density at radius 2 is 2.24 bits per heavy atom. The molecule has 1 aliphatic carbocycles. The Kier molecular flexibility index (Phi) is 4.72. The summed E-state index contributed by atoms with van der Waals surface area (Å²) >= 11 is 13.5. The van der Waals surface area contributed by atoms with E-state index in [0.29, 0.717) is 0 Å². The van der Waals surface area contributed by atoms with Gasteiger partial charge in [-0.15, -0.1) is 11.3 Å². The molecule has 2 rings (SSSR count). The number of rotatable bonds is 6. The lowest BCUT2D eigenvalue weighted by molar-refractivity contribution is 0.316. The smallest absolute Gasteiger partial charge is 0.0991 e. The van der Waals surface area contributed by atoms with E-state index in [2.05, 4.69) is 24.2 Å². The number of thiophene rings is 1. The molecule has 1 saturated carbocycles. The van der Waals surface area contributed by atoms with Gasteiger partial charge in [0.1, 0.15) is 0 Å². The Balaban J connectivity index is 1.76. The minimum Gasteiger partial charge on any atom is -0.309 e. The van der Waals surface area contributed by atoms with Crippen molar-refractivity contribution in [3.05, 3.63) is 20.3 Å². The van der Waals surface area contributed by atoms with Crippen LogP contribution in [0.25, 0.3) is 0 Å². The van der Waals surface area contributed by atoms with Gasteiger partial charge in [0.2, 0.25) is 0 Å². The maximum Gasteiger partial charge on any atom is 0.0991 e. The summed E-state index contributed by atoms with van der Waals surface area (Å²) < 4.78 is 1.55. The Hall–Kier alpha value is 0.200. The Morgan fingerprint density at radius 3 is 2.76 bits per heavy atom. The molecule has 1 aliphatic rings. The maximum atomic E-state index is 6.13. The van der Waals surface area contributed by atoms with E-state index in [9.17, 15) is 0 Å². The molecule has 0 aromatic carbocycles. The standard InChI is InChI=1S/C12H18Cl2N2S/c1-8(10-7-11(13)17-12(10)14)15-5-6-16(2)9-3-4-9/h7-9,15H,3-6H2,1-2H3. The minimum atomic E-state index is 0.263. The predicted molar refractivity (Wildman–Crippen MR) is 76.4 cm³/mol. The van der Waals surface area contributed by atoms with Gasteiger partial charge in [-0.25, -0.2) is 0 Å². The second kappa shape index (κ2) is 5.89. The lowest BCUT2D eigenvalue weighted by atomic mass is 10.2. The molecule has 1 atom stereocenters. The van der Waals surface area contributed by atoms with E-state index in [-0.39, 0.29) is 6.04 Å². The van der Waals surface area contributed by atoms with Gasteiger partial charge >= 0.3 is 0 Å². The fraction of sp³-hybridized carbons (Fsp3) is 0.667. The number of halogens is 2. The third kappa shape index (κ3) is 3.83. The lowest BCUT2D eigenvalue weighted by Crippen LogP contribution is -2.31. The van der Waals surface area contributed by atoms with E-state index in [0.717, 1.165) is 33.4 Å². The fourth-order valence-electron chi connectivity index (χ4n) is 1.91. The minimum absolute atomic E-state index is 0.263. The zero-order valence-corrected chi connectivity index (χ0v) is 12.5. The van der Waals surface area contributed by atoms with E-state index in [1.165, 1.54) is 24.2 Å². The van der Waals surface area contributed by atoms with Gasteiger partial charge in [0, 0.05) is 25.2 Å². The normalized spacial score (nSPS) is 17.7. The average Bonchev–Trinajstić information content (AvgIpc) is 3.04. The average molecular weight is 293 g/mol. The summed E-state index contributed by atoms with van der Waals surface area (Å²) in [6, 6.07) is 3.04. The second-order valence-corrected chi connectivity index (χ2v) is 6.95. The van der Waals surface area contributed by atoms with Crippen LogP contribution in [-0.4, -0.2) is 31.1 Å². The van der Waals surface area contributed by atoms with E-state index in [1.807, 2.05) is 6.07 Å². The van der Waals surface area contributed by atoms with Crippen LogP contribution in [-0.2, 0) is 0 Å².